The number of H-pyrrole nitrogens is 1. The lowest BCUT2D eigenvalue weighted by Crippen LogP contribution is -2.12. The molecule has 0 aliphatic rings. The van der Waals surface area contributed by atoms with Gasteiger partial charge in [-0.15, -0.1) is 0 Å². The molecule has 0 saturated heterocycles. The molecule has 2 aromatic heterocycles. The molecule has 94 valence electrons. The summed E-state index contributed by atoms with van der Waals surface area (Å²) < 4.78 is 2.24. The number of hydrogen-bond donors (Lipinski definition) is 1. The predicted molar refractivity (Wildman–Crippen MR) is 76.7 cm³/mol. The Morgan fingerprint density at radius 1 is 1.21 bits per heavy atom. The number of para-hydroxylation sites is 1. The van der Waals surface area contributed by atoms with Gasteiger partial charge in [-0.2, -0.15) is 0 Å². The van der Waals surface area contributed by atoms with Gasteiger partial charge >= 0.3 is 0 Å². The fourth-order valence-corrected chi connectivity index (χ4v) is 2.27. The number of aromatic amines is 1. The first-order chi connectivity index (χ1) is 9.24. The average molecular weight is 269 g/mol. The van der Waals surface area contributed by atoms with E-state index in [2.05, 4.69) is 9.97 Å². The van der Waals surface area contributed by atoms with Gasteiger partial charge < -0.3 is 4.57 Å². The molecule has 0 bridgehead atoms. The second-order valence-electron chi connectivity index (χ2n) is 4.23. The van der Waals surface area contributed by atoms with E-state index in [1.54, 1.807) is 12.4 Å². The van der Waals surface area contributed by atoms with Gasteiger partial charge in [-0.25, -0.2) is 0 Å². The topological polar surface area (TPSA) is 50.7 Å². The first-order valence-corrected chi connectivity index (χ1v) is 6.27. The third kappa shape index (κ3) is 2.32. The zero-order valence-electron chi connectivity index (χ0n) is 10.0. The highest BCUT2D eigenvalue weighted by Gasteiger charge is 2.02. The van der Waals surface area contributed by atoms with Gasteiger partial charge in [0.25, 0.3) is 5.56 Å². The van der Waals surface area contributed by atoms with E-state index in [0.717, 1.165) is 16.5 Å². The van der Waals surface area contributed by atoms with E-state index in [4.69, 9.17) is 12.2 Å². The highest BCUT2D eigenvalue weighted by Crippen LogP contribution is 2.16. The van der Waals surface area contributed by atoms with E-state index in [1.165, 1.54) is 6.07 Å². The normalized spacial score (nSPS) is 10.7. The molecule has 0 amide bonds. The van der Waals surface area contributed by atoms with Crippen LogP contribution >= 0.6 is 12.2 Å². The molecular weight excluding hydrogens is 258 g/mol. The molecule has 2 heterocycles. The second-order valence-corrected chi connectivity index (χ2v) is 4.62. The zero-order chi connectivity index (χ0) is 13.2. The van der Waals surface area contributed by atoms with Crippen LogP contribution in [-0.2, 0) is 6.54 Å². The molecule has 0 radical (unpaired) electrons. The molecule has 0 unspecified atom stereocenters. The Balaban J connectivity index is 2.11. The number of aromatic nitrogens is 3. The van der Waals surface area contributed by atoms with Crippen LogP contribution in [0.25, 0.3) is 10.9 Å². The quantitative estimate of drug-likeness (QED) is 0.727. The highest BCUT2D eigenvalue weighted by atomic mass is 32.1. The first kappa shape index (κ1) is 11.8. The minimum absolute atomic E-state index is 0.183. The SMILES string of the molecule is O=c1ccn(Cc2cccc3cccnc23)c(=S)[nH]1. The summed E-state index contributed by atoms with van der Waals surface area (Å²) in [7, 11) is 0. The van der Waals surface area contributed by atoms with Gasteiger partial charge in [-0.1, -0.05) is 24.3 Å². The standard InChI is InChI=1S/C14H11N3OS/c18-12-6-8-17(14(19)16-12)9-11-4-1-3-10-5-2-7-15-13(10)11/h1-8H,9H2,(H,16,18,19). The van der Waals surface area contributed by atoms with Gasteiger partial charge in [0, 0.05) is 23.8 Å². The van der Waals surface area contributed by atoms with Crippen LogP contribution < -0.4 is 5.56 Å². The van der Waals surface area contributed by atoms with Crippen molar-refractivity contribution in [2.75, 3.05) is 0 Å². The Labute approximate surface area is 114 Å². The molecule has 3 aromatic rings. The maximum atomic E-state index is 11.2. The summed E-state index contributed by atoms with van der Waals surface area (Å²) in [5.41, 5.74) is 1.84. The first-order valence-electron chi connectivity index (χ1n) is 5.86. The van der Waals surface area contributed by atoms with Crippen molar-refractivity contribution in [2.24, 2.45) is 0 Å². The van der Waals surface area contributed by atoms with E-state index < -0.39 is 0 Å². The van der Waals surface area contributed by atoms with Crippen molar-refractivity contribution in [2.45, 2.75) is 6.54 Å². The molecule has 19 heavy (non-hydrogen) atoms. The van der Waals surface area contributed by atoms with E-state index in [0.29, 0.717) is 11.3 Å². The number of pyridine rings is 1. The number of nitrogens with one attached hydrogen (secondary N) is 1. The lowest BCUT2D eigenvalue weighted by molar-refractivity contribution is 0.748. The minimum Gasteiger partial charge on any atom is -0.321 e. The van der Waals surface area contributed by atoms with Gasteiger partial charge in [0.2, 0.25) is 0 Å². The lowest BCUT2D eigenvalue weighted by Gasteiger charge is -2.08. The summed E-state index contributed by atoms with van der Waals surface area (Å²) in [5.74, 6) is 0. The van der Waals surface area contributed by atoms with Crippen LogP contribution in [0.3, 0.4) is 0 Å². The number of rotatable bonds is 2. The van der Waals surface area contributed by atoms with Crippen LogP contribution in [0.5, 0.6) is 0 Å². The molecule has 0 atom stereocenters. The van der Waals surface area contributed by atoms with Crippen molar-refractivity contribution in [3.05, 3.63) is 69.5 Å². The van der Waals surface area contributed by atoms with Gasteiger partial charge in [0.15, 0.2) is 4.77 Å². The monoisotopic (exact) mass is 269 g/mol. The fourth-order valence-electron chi connectivity index (χ4n) is 2.05. The molecular formula is C14H11N3OS. The van der Waals surface area contributed by atoms with Crippen LogP contribution in [0.1, 0.15) is 5.56 Å². The molecule has 0 fully saturated rings. The number of benzene rings is 1. The second kappa shape index (κ2) is 4.78. The van der Waals surface area contributed by atoms with E-state index in [-0.39, 0.29) is 5.56 Å². The maximum Gasteiger partial charge on any atom is 0.251 e. The van der Waals surface area contributed by atoms with Crippen molar-refractivity contribution in [1.82, 2.24) is 14.5 Å². The third-order valence-electron chi connectivity index (χ3n) is 2.95. The summed E-state index contributed by atoms with van der Waals surface area (Å²) in [5, 5.41) is 1.09. The number of hydrogen-bond acceptors (Lipinski definition) is 3. The van der Waals surface area contributed by atoms with Crippen molar-refractivity contribution < 1.29 is 0 Å². The Morgan fingerprint density at radius 3 is 2.89 bits per heavy atom. The molecule has 3 rings (SSSR count). The van der Waals surface area contributed by atoms with Crippen molar-refractivity contribution in [3.63, 3.8) is 0 Å². The predicted octanol–water partition coefficient (Wildman–Crippen LogP) is 2.50. The Bertz CT molecular complexity index is 845. The zero-order valence-corrected chi connectivity index (χ0v) is 10.9. The van der Waals surface area contributed by atoms with E-state index in [1.807, 2.05) is 34.9 Å². The van der Waals surface area contributed by atoms with Gasteiger partial charge in [0.05, 0.1) is 12.1 Å². The summed E-state index contributed by atoms with van der Waals surface area (Å²) in [6.45, 7) is 0.587. The number of fused-ring (bicyclic) bond motifs is 1. The molecule has 0 aliphatic heterocycles. The molecule has 4 nitrogen and oxygen atoms in total. The summed E-state index contributed by atoms with van der Waals surface area (Å²) in [6, 6.07) is 11.4. The van der Waals surface area contributed by atoms with Gasteiger partial charge in [-0.05, 0) is 23.8 Å². The molecule has 0 aliphatic carbocycles. The van der Waals surface area contributed by atoms with E-state index in [9.17, 15) is 4.79 Å². The summed E-state index contributed by atoms with van der Waals surface area (Å²) in [4.78, 5) is 18.2. The van der Waals surface area contributed by atoms with Gasteiger partial charge in [0.1, 0.15) is 0 Å². The van der Waals surface area contributed by atoms with E-state index >= 15 is 0 Å². The Hall–Kier alpha value is -2.27. The Kier molecular flexibility index (Phi) is 2.97. The van der Waals surface area contributed by atoms with Crippen molar-refractivity contribution >= 4 is 23.1 Å². The highest BCUT2D eigenvalue weighted by molar-refractivity contribution is 7.71. The molecule has 5 heteroatoms. The Morgan fingerprint density at radius 2 is 2.05 bits per heavy atom. The third-order valence-corrected chi connectivity index (χ3v) is 3.29. The molecule has 0 spiro atoms. The average Bonchev–Trinajstić information content (AvgIpc) is 2.42. The maximum absolute atomic E-state index is 11.2. The van der Waals surface area contributed by atoms with Crippen LogP contribution in [-0.4, -0.2) is 14.5 Å². The molecule has 1 aromatic carbocycles. The fraction of sp³-hybridized carbons (Fsp3) is 0.0714. The largest absolute Gasteiger partial charge is 0.321 e. The van der Waals surface area contributed by atoms with Crippen LogP contribution in [0.4, 0.5) is 0 Å². The summed E-state index contributed by atoms with van der Waals surface area (Å²) in [6.07, 6.45) is 3.47. The summed E-state index contributed by atoms with van der Waals surface area (Å²) >= 11 is 5.15. The van der Waals surface area contributed by atoms with Crippen LogP contribution in [0, 0.1) is 4.77 Å². The van der Waals surface area contributed by atoms with Crippen molar-refractivity contribution in [1.29, 1.82) is 0 Å². The number of nitrogens with zero attached hydrogens (tertiary/aromatic N) is 2. The van der Waals surface area contributed by atoms with Crippen LogP contribution in [0.2, 0.25) is 0 Å². The minimum atomic E-state index is -0.183. The van der Waals surface area contributed by atoms with Crippen molar-refractivity contribution in [3.8, 4) is 0 Å². The molecule has 1 N–H and O–H groups in total. The smallest absolute Gasteiger partial charge is 0.251 e. The molecule has 0 saturated carbocycles. The van der Waals surface area contributed by atoms with Gasteiger partial charge in [-0.3, -0.25) is 14.8 Å². The lowest BCUT2D eigenvalue weighted by atomic mass is 10.1. The van der Waals surface area contributed by atoms with Crippen LogP contribution in [0.15, 0.2) is 53.6 Å².